The normalized spacial score (nSPS) is 13.2. The molecule has 4 heteroatoms. The van der Waals surface area contributed by atoms with Crippen molar-refractivity contribution >= 4 is 0 Å². The van der Waals surface area contributed by atoms with E-state index < -0.39 is 0 Å². The van der Waals surface area contributed by atoms with E-state index >= 15 is 0 Å². The van der Waals surface area contributed by atoms with E-state index in [4.69, 9.17) is 5.11 Å². The van der Waals surface area contributed by atoms with Crippen LogP contribution in [0.1, 0.15) is 18.2 Å². The lowest BCUT2D eigenvalue weighted by Gasteiger charge is -2.05. The van der Waals surface area contributed by atoms with Crippen LogP contribution in [0.4, 0.5) is 0 Å². The smallest absolute Gasteiger partial charge is 0.0636 e. The first-order valence-electron chi connectivity index (χ1n) is 4.47. The Morgan fingerprint density at radius 2 is 2.38 bits per heavy atom. The third-order valence-electron chi connectivity index (χ3n) is 2.09. The first-order valence-corrected chi connectivity index (χ1v) is 4.47. The predicted octanol–water partition coefficient (Wildman–Crippen LogP) is 0.199. The Labute approximate surface area is 78.6 Å². The van der Waals surface area contributed by atoms with Crippen LogP contribution in [0.3, 0.4) is 0 Å². The second-order valence-electron chi connectivity index (χ2n) is 3.36. The number of aromatic nitrogens is 2. The molecule has 0 spiro atoms. The van der Waals surface area contributed by atoms with E-state index in [0.717, 1.165) is 12.2 Å². The maximum absolute atomic E-state index is 9.02. The summed E-state index contributed by atoms with van der Waals surface area (Å²) in [6, 6.07) is 0. The molecular formula is C9H17N3O. The van der Waals surface area contributed by atoms with E-state index in [9.17, 15) is 0 Å². The molecule has 0 radical (unpaired) electrons. The molecule has 0 aliphatic rings. The SMILES string of the molecule is Cc1c(CNCC(C)O)cnn1C. The van der Waals surface area contributed by atoms with Crippen molar-refractivity contribution in [2.45, 2.75) is 26.5 Å². The fraction of sp³-hybridized carbons (Fsp3) is 0.667. The average molecular weight is 183 g/mol. The first-order chi connectivity index (χ1) is 6.11. The Kier molecular flexibility index (Phi) is 3.45. The number of aryl methyl sites for hydroxylation is 1. The van der Waals surface area contributed by atoms with E-state index in [1.165, 1.54) is 5.56 Å². The van der Waals surface area contributed by atoms with E-state index in [-0.39, 0.29) is 6.10 Å². The number of hydrogen-bond donors (Lipinski definition) is 2. The van der Waals surface area contributed by atoms with Gasteiger partial charge in [-0.3, -0.25) is 4.68 Å². The van der Waals surface area contributed by atoms with Crippen LogP contribution in [0.25, 0.3) is 0 Å². The summed E-state index contributed by atoms with van der Waals surface area (Å²) in [6.07, 6.45) is 1.56. The van der Waals surface area contributed by atoms with E-state index in [2.05, 4.69) is 10.4 Å². The molecule has 0 fully saturated rings. The van der Waals surface area contributed by atoms with Gasteiger partial charge in [0.1, 0.15) is 0 Å². The molecule has 4 nitrogen and oxygen atoms in total. The fourth-order valence-corrected chi connectivity index (χ4v) is 1.13. The summed E-state index contributed by atoms with van der Waals surface area (Å²) in [7, 11) is 1.92. The van der Waals surface area contributed by atoms with Crippen LogP contribution < -0.4 is 5.32 Å². The summed E-state index contributed by atoms with van der Waals surface area (Å²) in [6.45, 7) is 5.19. The van der Waals surface area contributed by atoms with Crippen molar-refractivity contribution in [1.82, 2.24) is 15.1 Å². The van der Waals surface area contributed by atoms with Crippen LogP contribution in [0, 0.1) is 6.92 Å². The monoisotopic (exact) mass is 183 g/mol. The molecule has 0 aliphatic carbocycles. The standard InChI is InChI=1S/C9H17N3O/c1-7(13)4-10-5-9-6-11-12(3)8(9)2/h6-7,10,13H,4-5H2,1-3H3. The van der Waals surface area contributed by atoms with Gasteiger partial charge in [0.2, 0.25) is 0 Å². The number of nitrogens with zero attached hydrogens (tertiary/aromatic N) is 2. The van der Waals surface area contributed by atoms with Crippen LogP contribution in [-0.4, -0.2) is 27.5 Å². The minimum Gasteiger partial charge on any atom is -0.392 e. The van der Waals surface area contributed by atoms with Gasteiger partial charge in [-0.2, -0.15) is 5.10 Å². The summed E-state index contributed by atoms with van der Waals surface area (Å²) in [5, 5.41) is 16.3. The van der Waals surface area contributed by atoms with Crippen molar-refractivity contribution in [2.24, 2.45) is 7.05 Å². The number of aliphatic hydroxyl groups is 1. The van der Waals surface area contributed by atoms with Crippen molar-refractivity contribution in [3.63, 3.8) is 0 Å². The van der Waals surface area contributed by atoms with Crippen molar-refractivity contribution in [3.05, 3.63) is 17.5 Å². The summed E-state index contributed by atoms with van der Waals surface area (Å²) in [4.78, 5) is 0. The van der Waals surface area contributed by atoms with Gasteiger partial charge in [0.25, 0.3) is 0 Å². The largest absolute Gasteiger partial charge is 0.392 e. The second kappa shape index (κ2) is 4.39. The topological polar surface area (TPSA) is 50.1 Å². The summed E-state index contributed by atoms with van der Waals surface area (Å²) >= 11 is 0. The lowest BCUT2D eigenvalue weighted by molar-refractivity contribution is 0.191. The Balaban J connectivity index is 2.41. The Bertz CT molecular complexity index is 268. The molecule has 0 amide bonds. The van der Waals surface area contributed by atoms with Gasteiger partial charge < -0.3 is 10.4 Å². The predicted molar refractivity (Wildman–Crippen MR) is 51.3 cm³/mol. The van der Waals surface area contributed by atoms with Crippen LogP contribution in [0.5, 0.6) is 0 Å². The van der Waals surface area contributed by atoms with Crippen molar-refractivity contribution in [1.29, 1.82) is 0 Å². The van der Waals surface area contributed by atoms with Crippen molar-refractivity contribution in [3.8, 4) is 0 Å². The Morgan fingerprint density at radius 1 is 1.69 bits per heavy atom. The lowest BCUT2D eigenvalue weighted by atomic mass is 10.2. The highest BCUT2D eigenvalue weighted by Crippen LogP contribution is 2.04. The maximum atomic E-state index is 9.02. The quantitative estimate of drug-likeness (QED) is 0.701. The van der Waals surface area contributed by atoms with Gasteiger partial charge in [-0.15, -0.1) is 0 Å². The third-order valence-corrected chi connectivity index (χ3v) is 2.09. The summed E-state index contributed by atoms with van der Waals surface area (Å²) < 4.78 is 1.85. The van der Waals surface area contributed by atoms with Gasteiger partial charge in [-0.1, -0.05) is 0 Å². The summed E-state index contributed by atoms with van der Waals surface area (Å²) in [5.74, 6) is 0. The van der Waals surface area contributed by atoms with Crippen LogP contribution in [-0.2, 0) is 13.6 Å². The fourth-order valence-electron chi connectivity index (χ4n) is 1.13. The zero-order valence-corrected chi connectivity index (χ0v) is 8.41. The first kappa shape index (κ1) is 10.2. The lowest BCUT2D eigenvalue weighted by Crippen LogP contribution is -2.24. The number of rotatable bonds is 4. The van der Waals surface area contributed by atoms with Crippen LogP contribution in [0.15, 0.2) is 6.20 Å². The zero-order valence-electron chi connectivity index (χ0n) is 8.41. The molecule has 13 heavy (non-hydrogen) atoms. The number of hydrogen-bond acceptors (Lipinski definition) is 3. The van der Waals surface area contributed by atoms with E-state index in [1.807, 2.05) is 24.9 Å². The molecule has 1 aromatic rings. The molecule has 0 aliphatic heterocycles. The minimum atomic E-state index is -0.294. The number of aliphatic hydroxyl groups excluding tert-OH is 1. The van der Waals surface area contributed by atoms with Gasteiger partial charge in [-0.05, 0) is 13.8 Å². The molecule has 1 atom stereocenters. The van der Waals surface area contributed by atoms with Crippen LogP contribution in [0.2, 0.25) is 0 Å². The molecule has 0 aromatic carbocycles. The minimum absolute atomic E-state index is 0.294. The highest BCUT2D eigenvalue weighted by molar-refractivity contribution is 5.15. The maximum Gasteiger partial charge on any atom is 0.0636 e. The Morgan fingerprint density at radius 3 is 2.85 bits per heavy atom. The zero-order chi connectivity index (χ0) is 9.84. The van der Waals surface area contributed by atoms with E-state index in [1.54, 1.807) is 6.92 Å². The van der Waals surface area contributed by atoms with Gasteiger partial charge in [0, 0.05) is 31.4 Å². The molecule has 0 saturated heterocycles. The molecule has 1 unspecified atom stereocenters. The molecule has 1 heterocycles. The average Bonchev–Trinajstić information content (AvgIpc) is 2.35. The highest BCUT2D eigenvalue weighted by atomic mass is 16.3. The van der Waals surface area contributed by atoms with Gasteiger partial charge >= 0.3 is 0 Å². The molecule has 1 rings (SSSR count). The van der Waals surface area contributed by atoms with Crippen molar-refractivity contribution < 1.29 is 5.11 Å². The van der Waals surface area contributed by atoms with Crippen molar-refractivity contribution in [2.75, 3.05) is 6.54 Å². The molecule has 0 bridgehead atoms. The third kappa shape index (κ3) is 2.82. The molecule has 1 aromatic heterocycles. The summed E-state index contributed by atoms with van der Waals surface area (Å²) in [5.41, 5.74) is 2.35. The van der Waals surface area contributed by atoms with Gasteiger partial charge in [-0.25, -0.2) is 0 Å². The van der Waals surface area contributed by atoms with Gasteiger partial charge in [0.15, 0.2) is 0 Å². The molecule has 74 valence electrons. The highest BCUT2D eigenvalue weighted by Gasteiger charge is 2.02. The Hall–Kier alpha value is -0.870. The molecule has 2 N–H and O–H groups in total. The second-order valence-corrected chi connectivity index (χ2v) is 3.36. The van der Waals surface area contributed by atoms with Crippen LogP contribution >= 0.6 is 0 Å². The molecule has 0 saturated carbocycles. The van der Waals surface area contributed by atoms with Gasteiger partial charge in [0.05, 0.1) is 12.3 Å². The molecular weight excluding hydrogens is 166 g/mol. The van der Waals surface area contributed by atoms with E-state index in [0.29, 0.717) is 6.54 Å². The number of nitrogens with one attached hydrogen (secondary N) is 1.